The monoisotopic (exact) mass is 402 g/mol. The van der Waals surface area contributed by atoms with Gasteiger partial charge in [0.2, 0.25) is 11.8 Å². The lowest BCUT2D eigenvalue weighted by atomic mass is 9.73. The molecule has 2 aromatic heterocycles. The first-order valence-corrected chi connectivity index (χ1v) is 9.70. The molecule has 0 saturated heterocycles. The summed E-state index contributed by atoms with van der Waals surface area (Å²) in [5, 5.41) is 27.9. The minimum Gasteiger partial charge on any atom is -0.443 e. The Morgan fingerprint density at radius 3 is 2.93 bits per heavy atom. The van der Waals surface area contributed by atoms with Crippen LogP contribution in [0.5, 0.6) is 0 Å². The van der Waals surface area contributed by atoms with Crippen LogP contribution in [0.3, 0.4) is 0 Å². The molecule has 29 heavy (non-hydrogen) atoms. The minimum atomic E-state index is -0.0669. The summed E-state index contributed by atoms with van der Waals surface area (Å²) in [7, 11) is 1.57. The van der Waals surface area contributed by atoms with Gasteiger partial charge in [-0.3, -0.25) is 0 Å². The summed E-state index contributed by atoms with van der Waals surface area (Å²) in [6.45, 7) is 5.05. The molecule has 0 aromatic carbocycles. The summed E-state index contributed by atoms with van der Waals surface area (Å²) in [6.07, 6.45) is 4.55. The SMILES string of the molecule is COCc1noc(CCNc2ncc(C#N)c(N[C@@H]3CC[C@H]([OH2+])C(C)(C)C3)n2)n1. The maximum Gasteiger partial charge on any atom is 0.228 e. The van der Waals surface area contributed by atoms with E-state index in [9.17, 15) is 5.26 Å². The molecule has 2 aromatic rings. The van der Waals surface area contributed by atoms with E-state index in [0.29, 0.717) is 48.6 Å². The fourth-order valence-corrected chi connectivity index (χ4v) is 3.47. The maximum atomic E-state index is 9.40. The topological polar surface area (TPSA) is 145 Å². The molecule has 3 rings (SSSR count). The van der Waals surface area contributed by atoms with Crippen LogP contribution in [0.4, 0.5) is 11.8 Å². The number of ether oxygens (including phenoxy) is 1. The van der Waals surface area contributed by atoms with E-state index in [1.807, 2.05) is 0 Å². The van der Waals surface area contributed by atoms with Crippen molar-refractivity contribution in [1.82, 2.24) is 20.1 Å². The zero-order valence-corrected chi connectivity index (χ0v) is 17.0. The van der Waals surface area contributed by atoms with E-state index < -0.39 is 0 Å². The molecular weight excluding hydrogens is 374 g/mol. The van der Waals surface area contributed by atoms with Crippen LogP contribution >= 0.6 is 0 Å². The highest BCUT2D eigenvalue weighted by molar-refractivity contribution is 5.54. The molecular formula is C19H28N7O3+. The quantitative estimate of drug-likeness (QED) is 0.629. The second-order valence-corrected chi connectivity index (χ2v) is 7.95. The molecule has 1 aliphatic carbocycles. The van der Waals surface area contributed by atoms with Gasteiger partial charge < -0.3 is 25.0 Å². The van der Waals surface area contributed by atoms with Gasteiger partial charge in [0.05, 0.1) is 6.20 Å². The Hall–Kier alpha value is -2.77. The van der Waals surface area contributed by atoms with E-state index in [1.165, 1.54) is 6.20 Å². The number of hydrogen-bond acceptors (Lipinski definition) is 9. The predicted octanol–water partition coefficient (Wildman–Crippen LogP) is 1.62. The molecule has 0 radical (unpaired) electrons. The number of anilines is 2. The second-order valence-electron chi connectivity index (χ2n) is 7.95. The van der Waals surface area contributed by atoms with E-state index in [0.717, 1.165) is 19.3 Å². The highest BCUT2D eigenvalue weighted by Crippen LogP contribution is 2.36. The van der Waals surface area contributed by atoms with Gasteiger partial charge in [-0.2, -0.15) is 15.2 Å². The summed E-state index contributed by atoms with van der Waals surface area (Å²) in [5.74, 6) is 1.96. The highest BCUT2D eigenvalue weighted by Gasteiger charge is 2.39. The third-order valence-electron chi connectivity index (χ3n) is 5.18. The number of aromatic nitrogens is 4. The van der Waals surface area contributed by atoms with E-state index >= 15 is 0 Å². The van der Waals surface area contributed by atoms with Crippen LogP contribution in [-0.2, 0) is 17.8 Å². The Labute approximate surface area is 169 Å². The molecule has 2 atom stereocenters. The minimum absolute atomic E-state index is 0.0623. The molecule has 1 fully saturated rings. The van der Waals surface area contributed by atoms with Gasteiger partial charge in [0.25, 0.3) is 0 Å². The molecule has 0 spiro atoms. The van der Waals surface area contributed by atoms with Gasteiger partial charge in [-0.25, -0.2) is 4.98 Å². The van der Waals surface area contributed by atoms with Gasteiger partial charge in [0, 0.05) is 38.0 Å². The summed E-state index contributed by atoms with van der Waals surface area (Å²) < 4.78 is 10.1. The molecule has 4 N–H and O–H groups in total. The standard InChI is InChI=1S/C19H27N7O3/c1-19(2)8-13(4-5-14(19)27)23-17-12(9-20)10-22-18(25-17)21-7-6-16-24-15(11-28-3)26-29-16/h10,13-14,27H,4-8,11H2,1-3H3,(H2,21,22,23,25)/p+1/t13-,14+/m1/s1. The molecule has 10 heteroatoms. The van der Waals surface area contributed by atoms with E-state index in [1.54, 1.807) is 7.11 Å². The first-order chi connectivity index (χ1) is 13.9. The third-order valence-corrected chi connectivity index (χ3v) is 5.18. The van der Waals surface area contributed by atoms with Gasteiger partial charge in [0.15, 0.2) is 11.9 Å². The largest absolute Gasteiger partial charge is 0.443 e. The lowest BCUT2D eigenvalue weighted by Gasteiger charge is -2.37. The van der Waals surface area contributed by atoms with Gasteiger partial charge in [-0.05, 0) is 12.8 Å². The third kappa shape index (κ3) is 5.40. The zero-order valence-electron chi connectivity index (χ0n) is 17.0. The van der Waals surface area contributed by atoms with Crippen LogP contribution in [-0.4, -0.2) is 51.0 Å². The van der Waals surface area contributed by atoms with Crippen molar-refractivity contribution in [2.24, 2.45) is 5.41 Å². The number of rotatable bonds is 8. The van der Waals surface area contributed by atoms with Gasteiger partial charge in [-0.15, -0.1) is 0 Å². The molecule has 156 valence electrons. The summed E-state index contributed by atoms with van der Waals surface area (Å²) in [6, 6.07) is 2.32. The Morgan fingerprint density at radius 1 is 1.38 bits per heavy atom. The van der Waals surface area contributed by atoms with Crippen LogP contribution in [0.15, 0.2) is 10.7 Å². The van der Waals surface area contributed by atoms with Crippen LogP contribution in [0.25, 0.3) is 0 Å². The van der Waals surface area contributed by atoms with Gasteiger partial charge in [0.1, 0.15) is 24.1 Å². The lowest BCUT2D eigenvalue weighted by molar-refractivity contribution is 0.00926. The maximum absolute atomic E-state index is 9.40. The zero-order chi connectivity index (χ0) is 20.9. The van der Waals surface area contributed by atoms with Crippen molar-refractivity contribution in [3.63, 3.8) is 0 Å². The predicted molar refractivity (Wildman–Crippen MR) is 106 cm³/mol. The fraction of sp³-hybridized carbons (Fsp3) is 0.632. The summed E-state index contributed by atoms with van der Waals surface area (Å²) >= 11 is 0. The molecule has 0 aliphatic heterocycles. The summed E-state index contributed by atoms with van der Waals surface area (Å²) in [4.78, 5) is 12.9. The lowest BCUT2D eigenvalue weighted by Crippen LogP contribution is -2.41. The molecule has 10 nitrogen and oxygen atoms in total. The van der Waals surface area contributed by atoms with Crippen molar-refractivity contribution < 1.29 is 14.4 Å². The molecule has 0 amide bonds. The van der Waals surface area contributed by atoms with Crippen LogP contribution in [0.1, 0.15) is 50.4 Å². The molecule has 2 heterocycles. The van der Waals surface area contributed by atoms with Gasteiger partial charge in [-0.1, -0.05) is 19.0 Å². The van der Waals surface area contributed by atoms with Gasteiger partial charge >= 0.3 is 0 Å². The molecule has 1 aliphatic rings. The average Bonchev–Trinajstić information content (AvgIpc) is 3.12. The Morgan fingerprint density at radius 2 is 2.21 bits per heavy atom. The first-order valence-electron chi connectivity index (χ1n) is 9.70. The number of nitrogens with one attached hydrogen (secondary N) is 2. The van der Waals surface area contributed by atoms with Crippen LogP contribution in [0.2, 0.25) is 0 Å². The van der Waals surface area contributed by atoms with E-state index in [2.05, 4.69) is 50.7 Å². The van der Waals surface area contributed by atoms with Crippen molar-refractivity contribution in [3.05, 3.63) is 23.5 Å². The second kappa shape index (κ2) is 9.15. The van der Waals surface area contributed by atoms with E-state index in [-0.39, 0.29) is 17.6 Å². The Bertz CT molecular complexity index is 862. The Kier molecular flexibility index (Phi) is 6.61. The van der Waals surface area contributed by atoms with E-state index in [4.69, 9.17) is 14.4 Å². The van der Waals surface area contributed by atoms with Crippen LogP contribution < -0.4 is 10.6 Å². The smallest absolute Gasteiger partial charge is 0.228 e. The van der Waals surface area contributed by atoms with Crippen molar-refractivity contribution in [3.8, 4) is 6.07 Å². The average molecular weight is 402 g/mol. The van der Waals surface area contributed by atoms with Crippen molar-refractivity contribution >= 4 is 11.8 Å². The van der Waals surface area contributed by atoms with Crippen LogP contribution in [0, 0.1) is 16.7 Å². The number of nitrogens with zero attached hydrogens (tertiary/aromatic N) is 5. The Balaban J connectivity index is 1.60. The van der Waals surface area contributed by atoms with Crippen molar-refractivity contribution in [2.75, 3.05) is 24.3 Å². The molecule has 1 saturated carbocycles. The molecule has 0 bridgehead atoms. The van der Waals surface area contributed by atoms with Crippen molar-refractivity contribution in [1.29, 1.82) is 5.26 Å². The molecule has 0 unspecified atom stereocenters. The number of hydrogen-bond donors (Lipinski definition) is 2. The normalized spacial score (nSPS) is 20.8. The first kappa shape index (κ1) is 21.0. The number of methoxy groups -OCH3 is 1. The highest BCUT2D eigenvalue weighted by atomic mass is 16.5. The fourth-order valence-electron chi connectivity index (χ4n) is 3.47. The summed E-state index contributed by atoms with van der Waals surface area (Å²) in [5.41, 5.74) is 0.338. The number of nitriles is 1. The van der Waals surface area contributed by atoms with Crippen molar-refractivity contribution in [2.45, 2.75) is 58.3 Å².